The molecule has 0 saturated carbocycles. The van der Waals surface area contributed by atoms with Gasteiger partial charge in [0.1, 0.15) is 0 Å². The Morgan fingerprint density at radius 2 is 2.07 bits per heavy atom. The van der Waals surface area contributed by atoms with Crippen molar-refractivity contribution in [3.05, 3.63) is 57.2 Å². The predicted octanol–water partition coefficient (Wildman–Crippen LogP) is 2.96. The summed E-state index contributed by atoms with van der Waals surface area (Å²) in [7, 11) is 0. The smallest absolute Gasteiger partial charge is 0.305 e. The summed E-state index contributed by atoms with van der Waals surface area (Å²) in [6.45, 7) is 4.49. The van der Waals surface area contributed by atoms with E-state index >= 15 is 0 Å². The van der Waals surface area contributed by atoms with E-state index in [1.165, 1.54) is 12.3 Å². The molecular weight excluding hydrogens is 460 g/mol. The van der Waals surface area contributed by atoms with Gasteiger partial charge in [-0.3, -0.25) is 29.8 Å². The van der Waals surface area contributed by atoms with Gasteiger partial charge in [0.05, 0.1) is 22.9 Å². The average molecular weight is 479 g/mol. The Kier molecular flexibility index (Phi) is 6.75. The number of hydrazine groups is 1. The highest BCUT2D eigenvalue weighted by molar-refractivity contribution is 9.10. The van der Waals surface area contributed by atoms with Crippen LogP contribution in [0.4, 0.5) is 0 Å². The van der Waals surface area contributed by atoms with Crippen molar-refractivity contribution in [2.24, 2.45) is 5.92 Å². The van der Waals surface area contributed by atoms with Crippen LogP contribution in [-0.4, -0.2) is 27.1 Å². The van der Waals surface area contributed by atoms with Crippen molar-refractivity contribution in [2.45, 2.75) is 25.5 Å². The Hall–Kier alpha value is -2.59. The lowest BCUT2D eigenvalue weighted by Gasteiger charge is -2.15. The van der Waals surface area contributed by atoms with Gasteiger partial charge in [-0.15, -0.1) is 0 Å². The molecule has 2 heterocycles. The monoisotopic (exact) mass is 478 g/mol. The number of rotatable bonds is 6. The number of carbonyl (C=O) groups is 2. The van der Waals surface area contributed by atoms with E-state index in [4.69, 9.17) is 4.42 Å². The molecule has 29 heavy (non-hydrogen) atoms. The maximum absolute atomic E-state index is 12.9. The number of benzene rings is 1. The first kappa shape index (κ1) is 21.1. The highest BCUT2D eigenvalue weighted by atomic mass is 79.9. The number of aromatic nitrogens is 2. The molecule has 8 nitrogen and oxygen atoms in total. The molecule has 0 saturated heterocycles. The zero-order chi connectivity index (χ0) is 21.0. The average Bonchev–Trinajstić information content (AvgIpc) is 3.22. The molecule has 0 atom stereocenters. The summed E-state index contributed by atoms with van der Waals surface area (Å²) >= 11 is 4.51. The quantitative estimate of drug-likeness (QED) is 0.320. The largest absolute Gasteiger partial charge is 0.459 e. The molecule has 0 spiro atoms. The number of nitrogens with one attached hydrogen (secondary N) is 2. The number of hydrogen-bond donors (Lipinski definition) is 2. The summed E-state index contributed by atoms with van der Waals surface area (Å²) in [4.78, 5) is 41.4. The van der Waals surface area contributed by atoms with E-state index in [9.17, 15) is 14.4 Å². The van der Waals surface area contributed by atoms with Gasteiger partial charge in [-0.25, -0.2) is 4.98 Å². The van der Waals surface area contributed by atoms with E-state index in [-0.39, 0.29) is 23.0 Å². The van der Waals surface area contributed by atoms with Gasteiger partial charge < -0.3 is 4.42 Å². The van der Waals surface area contributed by atoms with Crippen LogP contribution >= 0.6 is 27.7 Å². The number of hydrogen-bond acceptors (Lipinski definition) is 6. The number of nitrogens with zero attached hydrogens (tertiary/aromatic N) is 2. The topological polar surface area (TPSA) is 106 Å². The van der Waals surface area contributed by atoms with Crippen molar-refractivity contribution in [1.29, 1.82) is 0 Å². The molecule has 0 aliphatic rings. The van der Waals surface area contributed by atoms with Crippen LogP contribution in [0.5, 0.6) is 0 Å². The third-order valence-electron chi connectivity index (χ3n) is 3.82. The first-order valence-electron chi connectivity index (χ1n) is 8.80. The lowest BCUT2D eigenvalue weighted by Crippen LogP contribution is -2.42. The highest BCUT2D eigenvalue weighted by Gasteiger charge is 2.15. The minimum atomic E-state index is -0.556. The Balaban J connectivity index is 1.74. The normalized spacial score (nSPS) is 11.0. The van der Waals surface area contributed by atoms with Gasteiger partial charge in [-0.1, -0.05) is 41.5 Å². The number of carbonyl (C=O) groups excluding carboxylic acids is 2. The van der Waals surface area contributed by atoms with Crippen LogP contribution in [0.2, 0.25) is 0 Å². The van der Waals surface area contributed by atoms with Gasteiger partial charge in [-0.05, 0) is 36.2 Å². The van der Waals surface area contributed by atoms with Gasteiger partial charge >= 0.3 is 5.91 Å². The fraction of sp³-hybridized carbons (Fsp3) is 0.263. The zero-order valence-electron chi connectivity index (χ0n) is 15.8. The van der Waals surface area contributed by atoms with E-state index in [0.29, 0.717) is 22.6 Å². The first-order valence-corrected chi connectivity index (χ1v) is 10.6. The Bertz CT molecular complexity index is 1100. The number of furan rings is 1. The standard InChI is InChI=1S/C19H19BrN4O4S/c1-11(2)9-24-18(27)13-8-12(20)5-6-14(13)21-19(24)29-10-16(25)22-23-17(26)15-4-3-7-28-15/h3-8,11H,9-10H2,1-2H3,(H,22,25)(H,23,26). The second-order valence-electron chi connectivity index (χ2n) is 6.63. The molecule has 0 aliphatic heterocycles. The molecule has 2 aromatic heterocycles. The summed E-state index contributed by atoms with van der Waals surface area (Å²) in [5.74, 6) is -0.702. The van der Waals surface area contributed by atoms with Crippen molar-refractivity contribution >= 4 is 50.4 Å². The van der Waals surface area contributed by atoms with Gasteiger partial charge in [-0.2, -0.15) is 0 Å². The number of amides is 2. The van der Waals surface area contributed by atoms with Crippen molar-refractivity contribution in [2.75, 3.05) is 5.75 Å². The molecule has 3 rings (SSSR count). The van der Waals surface area contributed by atoms with Crippen LogP contribution in [0, 0.1) is 5.92 Å². The molecular formula is C19H19BrN4O4S. The molecule has 0 fully saturated rings. The third-order valence-corrected chi connectivity index (χ3v) is 5.29. The Morgan fingerprint density at radius 1 is 1.28 bits per heavy atom. The first-order chi connectivity index (χ1) is 13.8. The van der Waals surface area contributed by atoms with Crippen molar-refractivity contribution in [3.63, 3.8) is 0 Å². The number of thioether (sulfide) groups is 1. The van der Waals surface area contributed by atoms with Gasteiger partial charge in [0.15, 0.2) is 10.9 Å². The van der Waals surface area contributed by atoms with Crippen LogP contribution in [0.15, 0.2) is 55.4 Å². The maximum atomic E-state index is 12.9. The van der Waals surface area contributed by atoms with Crippen LogP contribution in [-0.2, 0) is 11.3 Å². The fourth-order valence-electron chi connectivity index (χ4n) is 2.57. The van der Waals surface area contributed by atoms with Crippen LogP contribution in [0.3, 0.4) is 0 Å². The minimum Gasteiger partial charge on any atom is -0.459 e. The highest BCUT2D eigenvalue weighted by Crippen LogP contribution is 2.21. The summed E-state index contributed by atoms with van der Waals surface area (Å²) in [6.07, 6.45) is 1.37. The molecule has 1 aromatic carbocycles. The maximum Gasteiger partial charge on any atom is 0.305 e. The van der Waals surface area contributed by atoms with E-state index in [1.54, 1.807) is 22.8 Å². The molecule has 0 aliphatic carbocycles. The van der Waals surface area contributed by atoms with Gasteiger partial charge in [0, 0.05) is 11.0 Å². The zero-order valence-corrected chi connectivity index (χ0v) is 18.2. The van der Waals surface area contributed by atoms with E-state index in [2.05, 4.69) is 31.8 Å². The fourth-order valence-corrected chi connectivity index (χ4v) is 3.74. The Morgan fingerprint density at radius 3 is 2.76 bits per heavy atom. The summed E-state index contributed by atoms with van der Waals surface area (Å²) in [6, 6.07) is 8.37. The second-order valence-corrected chi connectivity index (χ2v) is 8.49. The van der Waals surface area contributed by atoms with Crippen molar-refractivity contribution in [3.8, 4) is 0 Å². The lowest BCUT2D eigenvalue weighted by molar-refractivity contribution is -0.119. The lowest BCUT2D eigenvalue weighted by atomic mass is 10.2. The molecule has 3 aromatic rings. The molecule has 0 unspecified atom stereocenters. The SMILES string of the molecule is CC(C)Cn1c(SCC(=O)NNC(=O)c2ccco2)nc2ccc(Br)cc2c1=O. The van der Waals surface area contributed by atoms with Gasteiger partial charge in [0.25, 0.3) is 5.56 Å². The Labute approximate surface area is 179 Å². The third kappa shape index (κ3) is 5.27. The number of fused-ring (bicyclic) bond motifs is 1. The van der Waals surface area contributed by atoms with E-state index in [1.807, 2.05) is 19.9 Å². The summed E-state index contributed by atoms with van der Waals surface area (Å²) in [5, 5.41) is 0.963. The molecule has 10 heteroatoms. The molecule has 152 valence electrons. The van der Waals surface area contributed by atoms with Crippen LogP contribution < -0.4 is 16.4 Å². The molecule has 0 radical (unpaired) electrons. The second kappa shape index (κ2) is 9.27. The predicted molar refractivity (Wildman–Crippen MR) is 114 cm³/mol. The molecule has 2 N–H and O–H groups in total. The minimum absolute atomic E-state index is 0.0228. The number of halogens is 1. The van der Waals surface area contributed by atoms with E-state index in [0.717, 1.165) is 16.2 Å². The van der Waals surface area contributed by atoms with Crippen LogP contribution in [0.1, 0.15) is 24.4 Å². The summed E-state index contributed by atoms with van der Waals surface area (Å²) in [5.41, 5.74) is 5.00. The van der Waals surface area contributed by atoms with Gasteiger partial charge in [0.2, 0.25) is 5.91 Å². The van der Waals surface area contributed by atoms with Crippen LogP contribution in [0.25, 0.3) is 10.9 Å². The van der Waals surface area contributed by atoms with Crippen molar-refractivity contribution in [1.82, 2.24) is 20.4 Å². The summed E-state index contributed by atoms with van der Waals surface area (Å²) < 4.78 is 7.33. The van der Waals surface area contributed by atoms with Crippen molar-refractivity contribution < 1.29 is 14.0 Å². The molecule has 0 bridgehead atoms. The molecule has 2 amide bonds. The van der Waals surface area contributed by atoms with E-state index < -0.39 is 11.8 Å².